The number of hydrogen-bond acceptors (Lipinski definition) is 1. The molecule has 0 spiro atoms. The Bertz CT molecular complexity index is 847. The number of halogens is 1. The number of nitrogens with zero attached hydrogens (tertiary/aromatic N) is 1. The fourth-order valence-corrected chi connectivity index (χ4v) is 3.37. The number of rotatable bonds is 0. The van der Waals surface area contributed by atoms with E-state index in [1.54, 1.807) is 6.07 Å². The predicted octanol–water partition coefficient (Wildman–Crippen LogP) is 4.28. The number of Topliss-reactive ketones (excluding diaryl/α,β-unsaturated/α-hetero) is 1. The van der Waals surface area contributed by atoms with Gasteiger partial charge < -0.3 is 4.57 Å². The molecule has 0 N–H and O–H groups in total. The standard InChI is InChI=1S/C16H12ClNO/c1-9-8-18-14-5-3-2-4-11(14)12-6-10(17)7-13(15(12)18)16(9)19/h2-7,9H,8H2,1H3. The van der Waals surface area contributed by atoms with Crippen molar-refractivity contribution in [2.75, 3.05) is 0 Å². The van der Waals surface area contributed by atoms with Crippen LogP contribution in [0, 0.1) is 5.92 Å². The highest BCUT2D eigenvalue weighted by molar-refractivity contribution is 6.33. The van der Waals surface area contributed by atoms with Gasteiger partial charge in [0.25, 0.3) is 0 Å². The Morgan fingerprint density at radius 3 is 2.84 bits per heavy atom. The zero-order valence-electron chi connectivity index (χ0n) is 10.5. The number of fused-ring (bicyclic) bond motifs is 3. The van der Waals surface area contributed by atoms with Gasteiger partial charge in [0.15, 0.2) is 5.78 Å². The zero-order chi connectivity index (χ0) is 13.1. The van der Waals surface area contributed by atoms with Crippen molar-refractivity contribution in [1.82, 2.24) is 4.57 Å². The highest BCUT2D eigenvalue weighted by Gasteiger charge is 2.28. The molecule has 1 atom stereocenters. The van der Waals surface area contributed by atoms with E-state index in [0.29, 0.717) is 5.02 Å². The van der Waals surface area contributed by atoms with Gasteiger partial charge in [-0.15, -0.1) is 0 Å². The first-order chi connectivity index (χ1) is 9.16. The molecule has 3 aromatic rings. The molecule has 2 aromatic carbocycles. The average Bonchev–Trinajstić information content (AvgIpc) is 2.71. The van der Waals surface area contributed by atoms with Crippen molar-refractivity contribution in [3.63, 3.8) is 0 Å². The molecule has 3 heteroatoms. The summed E-state index contributed by atoms with van der Waals surface area (Å²) < 4.78 is 2.25. The van der Waals surface area contributed by atoms with E-state index in [2.05, 4.69) is 16.7 Å². The van der Waals surface area contributed by atoms with Crippen molar-refractivity contribution in [3.8, 4) is 0 Å². The summed E-state index contributed by atoms with van der Waals surface area (Å²) in [4.78, 5) is 12.4. The summed E-state index contributed by atoms with van der Waals surface area (Å²) in [5, 5.41) is 2.88. The van der Waals surface area contributed by atoms with Crippen molar-refractivity contribution in [3.05, 3.63) is 47.0 Å². The molecule has 4 rings (SSSR count). The minimum absolute atomic E-state index is 0.00460. The van der Waals surface area contributed by atoms with Crippen LogP contribution in [0.1, 0.15) is 17.3 Å². The summed E-state index contributed by atoms with van der Waals surface area (Å²) in [6.07, 6.45) is 0. The molecule has 0 amide bonds. The number of benzene rings is 2. The molecule has 94 valence electrons. The van der Waals surface area contributed by atoms with Crippen molar-refractivity contribution in [2.45, 2.75) is 13.5 Å². The molecule has 1 unspecified atom stereocenters. The molecule has 0 radical (unpaired) electrons. The van der Waals surface area contributed by atoms with Crippen LogP contribution in [-0.2, 0) is 6.54 Å². The Hall–Kier alpha value is -1.80. The van der Waals surface area contributed by atoms with E-state index in [4.69, 9.17) is 11.6 Å². The quantitative estimate of drug-likeness (QED) is 0.597. The van der Waals surface area contributed by atoms with Gasteiger partial charge in [-0.3, -0.25) is 4.79 Å². The summed E-state index contributed by atoms with van der Waals surface area (Å²) in [5.74, 6) is 0.202. The van der Waals surface area contributed by atoms with Gasteiger partial charge >= 0.3 is 0 Å². The first-order valence-corrected chi connectivity index (χ1v) is 6.79. The third-order valence-corrected chi connectivity index (χ3v) is 4.22. The van der Waals surface area contributed by atoms with Gasteiger partial charge in [0, 0.05) is 39.3 Å². The topological polar surface area (TPSA) is 22.0 Å². The van der Waals surface area contributed by atoms with Crippen molar-refractivity contribution in [1.29, 1.82) is 0 Å². The Balaban J connectivity index is 2.31. The van der Waals surface area contributed by atoms with Gasteiger partial charge in [-0.2, -0.15) is 0 Å². The molecule has 0 saturated heterocycles. The van der Waals surface area contributed by atoms with Gasteiger partial charge in [0.05, 0.1) is 5.52 Å². The first-order valence-electron chi connectivity index (χ1n) is 6.41. The molecular formula is C16H12ClNO. The number of carbonyl (C=O) groups excluding carboxylic acids is 1. The van der Waals surface area contributed by atoms with E-state index < -0.39 is 0 Å². The van der Waals surface area contributed by atoms with Crippen LogP contribution in [0.5, 0.6) is 0 Å². The molecule has 0 fully saturated rings. The van der Waals surface area contributed by atoms with E-state index in [1.165, 1.54) is 10.9 Å². The molecule has 1 aliphatic rings. The third kappa shape index (κ3) is 1.35. The Morgan fingerprint density at radius 2 is 2.00 bits per heavy atom. The van der Waals surface area contributed by atoms with E-state index in [9.17, 15) is 4.79 Å². The first kappa shape index (κ1) is 11.1. The monoisotopic (exact) mass is 269 g/mol. The van der Waals surface area contributed by atoms with Crippen molar-refractivity contribution >= 4 is 39.2 Å². The molecule has 0 bridgehead atoms. The molecule has 1 aromatic heterocycles. The molecule has 2 heterocycles. The largest absolute Gasteiger partial charge is 0.339 e. The number of ketones is 1. The SMILES string of the molecule is CC1Cn2c3ccccc3c3cc(Cl)cc(c32)C1=O. The normalized spacial score (nSPS) is 18.4. The second-order valence-corrected chi connectivity index (χ2v) is 5.68. The Labute approximate surface area is 115 Å². The summed E-state index contributed by atoms with van der Waals surface area (Å²) in [6.45, 7) is 2.73. The van der Waals surface area contributed by atoms with Gasteiger partial charge in [0.2, 0.25) is 0 Å². The maximum absolute atomic E-state index is 12.4. The van der Waals surface area contributed by atoms with Crippen LogP contribution in [0.25, 0.3) is 21.8 Å². The maximum Gasteiger partial charge on any atom is 0.169 e. The van der Waals surface area contributed by atoms with Crippen LogP contribution in [0.2, 0.25) is 5.02 Å². The molecule has 0 saturated carbocycles. The lowest BCUT2D eigenvalue weighted by Gasteiger charge is -2.21. The lowest BCUT2D eigenvalue weighted by Crippen LogP contribution is -2.23. The number of hydrogen-bond donors (Lipinski definition) is 0. The highest BCUT2D eigenvalue weighted by atomic mass is 35.5. The maximum atomic E-state index is 12.4. The Morgan fingerprint density at radius 1 is 1.21 bits per heavy atom. The van der Waals surface area contributed by atoms with E-state index in [0.717, 1.165) is 23.0 Å². The second-order valence-electron chi connectivity index (χ2n) is 5.24. The summed E-state index contributed by atoms with van der Waals surface area (Å²) >= 11 is 6.19. The average molecular weight is 270 g/mol. The van der Waals surface area contributed by atoms with E-state index in [1.807, 2.05) is 25.1 Å². The fraction of sp³-hybridized carbons (Fsp3) is 0.188. The molecule has 0 aliphatic carbocycles. The van der Waals surface area contributed by atoms with Crippen LogP contribution in [0.3, 0.4) is 0 Å². The van der Waals surface area contributed by atoms with Gasteiger partial charge in [-0.05, 0) is 18.2 Å². The van der Waals surface area contributed by atoms with Crippen LogP contribution in [0.4, 0.5) is 0 Å². The minimum atomic E-state index is 0.00460. The van der Waals surface area contributed by atoms with Gasteiger partial charge in [-0.25, -0.2) is 0 Å². The van der Waals surface area contributed by atoms with Crippen molar-refractivity contribution in [2.24, 2.45) is 5.92 Å². The number of carbonyl (C=O) groups is 1. The van der Waals surface area contributed by atoms with Crippen LogP contribution >= 0.6 is 11.6 Å². The lowest BCUT2D eigenvalue weighted by molar-refractivity contribution is 0.0914. The molecule has 2 nitrogen and oxygen atoms in total. The fourth-order valence-electron chi connectivity index (χ4n) is 3.15. The van der Waals surface area contributed by atoms with Gasteiger partial charge in [0.1, 0.15) is 0 Å². The van der Waals surface area contributed by atoms with Crippen LogP contribution < -0.4 is 0 Å². The lowest BCUT2D eigenvalue weighted by atomic mass is 9.94. The third-order valence-electron chi connectivity index (χ3n) is 4.00. The zero-order valence-corrected chi connectivity index (χ0v) is 11.2. The summed E-state index contributed by atoms with van der Waals surface area (Å²) in [7, 11) is 0. The number of aromatic nitrogens is 1. The van der Waals surface area contributed by atoms with Crippen LogP contribution in [0.15, 0.2) is 36.4 Å². The van der Waals surface area contributed by atoms with Crippen molar-refractivity contribution < 1.29 is 4.79 Å². The molecule has 19 heavy (non-hydrogen) atoms. The molecular weight excluding hydrogens is 258 g/mol. The second kappa shape index (κ2) is 3.61. The summed E-state index contributed by atoms with van der Waals surface area (Å²) in [6, 6.07) is 12.0. The number of para-hydroxylation sites is 1. The van der Waals surface area contributed by atoms with Gasteiger partial charge in [-0.1, -0.05) is 36.7 Å². The molecule has 1 aliphatic heterocycles. The highest BCUT2D eigenvalue weighted by Crippen LogP contribution is 2.37. The summed E-state index contributed by atoms with van der Waals surface area (Å²) in [5.41, 5.74) is 2.98. The minimum Gasteiger partial charge on any atom is -0.339 e. The van der Waals surface area contributed by atoms with Crippen LogP contribution in [-0.4, -0.2) is 10.4 Å². The Kier molecular flexibility index (Phi) is 2.10. The van der Waals surface area contributed by atoms with E-state index >= 15 is 0 Å². The smallest absolute Gasteiger partial charge is 0.169 e. The van der Waals surface area contributed by atoms with E-state index in [-0.39, 0.29) is 11.7 Å². The predicted molar refractivity (Wildman–Crippen MR) is 77.9 cm³/mol.